The molecule has 0 saturated carbocycles. The summed E-state index contributed by atoms with van der Waals surface area (Å²) < 4.78 is 10.6. The highest BCUT2D eigenvalue weighted by atomic mass is 35.5. The standard InChI is InChI=1S/C11H10ClNO2/c1-7-6-13-11(15-7)9-4-3-8(12)5-10(9)14-2/h3-6H,1-2H3. The molecule has 0 N–H and O–H groups in total. The van der Waals surface area contributed by atoms with Gasteiger partial charge in [0.15, 0.2) is 0 Å². The van der Waals surface area contributed by atoms with E-state index >= 15 is 0 Å². The van der Waals surface area contributed by atoms with Crippen LogP contribution >= 0.6 is 11.6 Å². The maximum Gasteiger partial charge on any atom is 0.229 e. The quantitative estimate of drug-likeness (QED) is 0.784. The van der Waals surface area contributed by atoms with Crippen molar-refractivity contribution >= 4 is 11.6 Å². The van der Waals surface area contributed by atoms with Gasteiger partial charge in [-0.15, -0.1) is 0 Å². The Hall–Kier alpha value is -1.48. The molecule has 0 bridgehead atoms. The molecule has 2 rings (SSSR count). The van der Waals surface area contributed by atoms with E-state index < -0.39 is 0 Å². The molecule has 1 heterocycles. The number of hydrogen-bond acceptors (Lipinski definition) is 3. The lowest BCUT2D eigenvalue weighted by atomic mass is 10.2. The average molecular weight is 224 g/mol. The van der Waals surface area contributed by atoms with Gasteiger partial charge < -0.3 is 9.15 Å². The first-order valence-electron chi connectivity index (χ1n) is 4.47. The Kier molecular flexibility index (Phi) is 2.64. The molecular formula is C11H10ClNO2. The average Bonchev–Trinajstić information content (AvgIpc) is 2.64. The lowest BCUT2D eigenvalue weighted by molar-refractivity contribution is 0.414. The van der Waals surface area contributed by atoms with E-state index in [1.807, 2.05) is 13.0 Å². The highest BCUT2D eigenvalue weighted by molar-refractivity contribution is 6.30. The van der Waals surface area contributed by atoms with Crippen LogP contribution in [0.1, 0.15) is 5.76 Å². The Morgan fingerprint density at radius 2 is 2.20 bits per heavy atom. The number of ether oxygens (including phenoxy) is 1. The number of rotatable bonds is 2. The molecule has 0 aliphatic heterocycles. The summed E-state index contributed by atoms with van der Waals surface area (Å²) in [6, 6.07) is 5.34. The molecule has 3 nitrogen and oxygen atoms in total. The molecule has 0 aliphatic carbocycles. The number of nitrogens with zero attached hydrogens (tertiary/aromatic N) is 1. The van der Waals surface area contributed by atoms with Crippen LogP contribution in [0, 0.1) is 6.92 Å². The highest BCUT2D eigenvalue weighted by Crippen LogP contribution is 2.31. The number of aromatic nitrogens is 1. The van der Waals surface area contributed by atoms with Gasteiger partial charge in [0.1, 0.15) is 11.5 Å². The van der Waals surface area contributed by atoms with Crippen LogP contribution in [-0.2, 0) is 0 Å². The molecule has 0 aliphatic rings. The molecule has 0 atom stereocenters. The predicted octanol–water partition coefficient (Wildman–Crippen LogP) is 3.31. The first kappa shape index (κ1) is 10.1. The van der Waals surface area contributed by atoms with Crippen molar-refractivity contribution in [3.8, 4) is 17.2 Å². The van der Waals surface area contributed by atoms with Gasteiger partial charge in [-0.05, 0) is 25.1 Å². The summed E-state index contributed by atoms with van der Waals surface area (Å²) in [7, 11) is 1.59. The van der Waals surface area contributed by atoms with Crippen LogP contribution in [0.15, 0.2) is 28.8 Å². The van der Waals surface area contributed by atoms with Crippen LogP contribution in [-0.4, -0.2) is 12.1 Å². The van der Waals surface area contributed by atoms with E-state index in [0.29, 0.717) is 16.7 Å². The van der Waals surface area contributed by atoms with E-state index in [9.17, 15) is 0 Å². The Morgan fingerprint density at radius 1 is 1.40 bits per heavy atom. The molecule has 1 aromatic heterocycles. The first-order chi connectivity index (χ1) is 7.20. The van der Waals surface area contributed by atoms with Gasteiger partial charge in [-0.3, -0.25) is 0 Å². The minimum Gasteiger partial charge on any atom is -0.496 e. The smallest absolute Gasteiger partial charge is 0.229 e. The first-order valence-corrected chi connectivity index (χ1v) is 4.85. The largest absolute Gasteiger partial charge is 0.496 e. The summed E-state index contributed by atoms with van der Waals surface area (Å²) in [6.07, 6.45) is 1.67. The predicted molar refractivity (Wildman–Crippen MR) is 58.2 cm³/mol. The van der Waals surface area contributed by atoms with Crippen molar-refractivity contribution in [1.82, 2.24) is 4.98 Å². The third-order valence-electron chi connectivity index (χ3n) is 2.02. The van der Waals surface area contributed by atoms with Crippen LogP contribution in [0.3, 0.4) is 0 Å². The number of aryl methyl sites for hydroxylation is 1. The van der Waals surface area contributed by atoms with Crippen LogP contribution in [0.25, 0.3) is 11.5 Å². The third kappa shape index (κ3) is 1.97. The van der Waals surface area contributed by atoms with Crippen LogP contribution in [0.5, 0.6) is 5.75 Å². The Bertz CT molecular complexity index is 479. The zero-order chi connectivity index (χ0) is 10.8. The van der Waals surface area contributed by atoms with Gasteiger partial charge in [0.2, 0.25) is 5.89 Å². The van der Waals surface area contributed by atoms with Gasteiger partial charge in [0.05, 0.1) is 18.9 Å². The second kappa shape index (κ2) is 3.95. The van der Waals surface area contributed by atoms with E-state index in [-0.39, 0.29) is 0 Å². The minimum atomic E-state index is 0.543. The van der Waals surface area contributed by atoms with Gasteiger partial charge in [-0.1, -0.05) is 11.6 Å². The van der Waals surface area contributed by atoms with E-state index in [4.69, 9.17) is 20.8 Å². The maximum atomic E-state index is 5.86. The second-order valence-electron chi connectivity index (χ2n) is 3.12. The highest BCUT2D eigenvalue weighted by Gasteiger charge is 2.10. The molecule has 1 aromatic carbocycles. The van der Waals surface area contributed by atoms with E-state index in [2.05, 4.69) is 4.98 Å². The lowest BCUT2D eigenvalue weighted by Crippen LogP contribution is -1.87. The normalized spacial score (nSPS) is 10.3. The summed E-state index contributed by atoms with van der Waals surface area (Å²) in [6.45, 7) is 1.85. The van der Waals surface area contributed by atoms with Gasteiger partial charge >= 0.3 is 0 Å². The van der Waals surface area contributed by atoms with Crippen molar-refractivity contribution in [3.63, 3.8) is 0 Å². The fraction of sp³-hybridized carbons (Fsp3) is 0.182. The second-order valence-corrected chi connectivity index (χ2v) is 3.56. The maximum absolute atomic E-state index is 5.86. The summed E-state index contributed by atoms with van der Waals surface area (Å²) in [5.41, 5.74) is 0.801. The molecule has 2 aromatic rings. The molecule has 0 fully saturated rings. The summed E-state index contributed by atoms with van der Waals surface area (Å²) >= 11 is 5.86. The Balaban J connectivity index is 2.52. The van der Waals surface area contributed by atoms with Crippen molar-refractivity contribution in [2.45, 2.75) is 6.92 Å². The molecule has 0 amide bonds. The fourth-order valence-corrected chi connectivity index (χ4v) is 1.48. The number of hydrogen-bond donors (Lipinski definition) is 0. The number of oxazole rings is 1. The molecule has 0 unspecified atom stereocenters. The SMILES string of the molecule is COc1cc(Cl)ccc1-c1ncc(C)o1. The third-order valence-corrected chi connectivity index (χ3v) is 2.25. The summed E-state index contributed by atoms with van der Waals surface area (Å²) in [5, 5.41) is 0.624. The number of benzene rings is 1. The number of halogens is 1. The fourth-order valence-electron chi connectivity index (χ4n) is 1.32. The molecule has 78 valence electrons. The molecule has 0 spiro atoms. The molecule has 15 heavy (non-hydrogen) atoms. The van der Waals surface area contributed by atoms with Gasteiger partial charge in [0.25, 0.3) is 0 Å². The van der Waals surface area contributed by atoms with Crippen LogP contribution < -0.4 is 4.74 Å². The summed E-state index contributed by atoms with van der Waals surface area (Å²) in [4.78, 5) is 4.13. The minimum absolute atomic E-state index is 0.543. The molecule has 4 heteroatoms. The van der Waals surface area contributed by atoms with Crippen molar-refractivity contribution < 1.29 is 9.15 Å². The number of methoxy groups -OCH3 is 1. The molecule has 0 saturated heterocycles. The molecular weight excluding hydrogens is 214 g/mol. The van der Waals surface area contributed by atoms with E-state index in [1.54, 1.807) is 25.4 Å². The van der Waals surface area contributed by atoms with Crippen molar-refractivity contribution in [2.24, 2.45) is 0 Å². The zero-order valence-corrected chi connectivity index (χ0v) is 9.21. The van der Waals surface area contributed by atoms with Crippen molar-refractivity contribution in [1.29, 1.82) is 0 Å². The monoisotopic (exact) mass is 223 g/mol. The van der Waals surface area contributed by atoms with Gasteiger partial charge in [-0.2, -0.15) is 0 Å². The summed E-state index contributed by atoms with van der Waals surface area (Å²) in [5.74, 6) is 1.97. The Labute approximate surface area is 92.6 Å². The van der Waals surface area contributed by atoms with Crippen LogP contribution in [0.4, 0.5) is 0 Å². The van der Waals surface area contributed by atoms with Crippen LogP contribution in [0.2, 0.25) is 5.02 Å². The van der Waals surface area contributed by atoms with Gasteiger partial charge in [0, 0.05) is 5.02 Å². The topological polar surface area (TPSA) is 35.3 Å². The van der Waals surface area contributed by atoms with E-state index in [0.717, 1.165) is 11.3 Å². The molecule has 0 radical (unpaired) electrons. The van der Waals surface area contributed by atoms with Gasteiger partial charge in [-0.25, -0.2) is 4.98 Å². The van der Waals surface area contributed by atoms with E-state index in [1.165, 1.54) is 0 Å². The Morgan fingerprint density at radius 3 is 2.80 bits per heavy atom. The van der Waals surface area contributed by atoms with Crippen molar-refractivity contribution in [2.75, 3.05) is 7.11 Å². The lowest BCUT2D eigenvalue weighted by Gasteiger charge is -2.05. The van der Waals surface area contributed by atoms with Crippen molar-refractivity contribution in [3.05, 3.63) is 35.2 Å². The zero-order valence-electron chi connectivity index (χ0n) is 8.45.